The lowest BCUT2D eigenvalue weighted by molar-refractivity contribution is 0.218. The van der Waals surface area contributed by atoms with E-state index >= 15 is 0 Å². The van der Waals surface area contributed by atoms with Crippen molar-refractivity contribution in [2.24, 2.45) is 0 Å². The van der Waals surface area contributed by atoms with Gasteiger partial charge in [0.2, 0.25) is 0 Å². The smallest absolute Gasteiger partial charge is 0.0256 e. The highest BCUT2D eigenvalue weighted by Crippen LogP contribution is 2.11. The molecular weight excluding hydrogens is 146 g/mol. The second-order valence-corrected chi connectivity index (χ2v) is 3.44. The summed E-state index contributed by atoms with van der Waals surface area (Å²) < 4.78 is 0. The highest BCUT2D eigenvalue weighted by atomic mass is 15.2. The summed E-state index contributed by atoms with van der Waals surface area (Å²) in [6.07, 6.45) is 6.77. The van der Waals surface area contributed by atoms with E-state index in [-0.39, 0.29) is 0 Å². The van der Waals surface area contributed by atoms with Gasteiger partial charge in [-0.3, -0.25) is 0 Å². The Bertz CT molecular complexity index is 119. The summed E-state index contributed by atoms with van der Waals surface area (Å²) in [5.41, 5.74) is 0. The molecule has 0 bridgehead atoms. The van der Waals surface area contributed by atoms with Crippen molar-refractivity contribution in [1.29, 1.82) is 0 Å². The molecule has 0 rings (SSSR count). The third-order valence-electron chi connectivity index (χ3n) is 2.52. The third kappa shape index (κ3) is 3.29. The van der Waals surface area contributed by atoms with E-state index < -0.39 is 0 Å². The fraction of sp³-hybridized carbons (Fsp3) is 0.818. The summed E-state index contributed by atoms with van der Waals surface area (Å²) in [6.45, 7) is 11.1. The average molecular weight is 169 g/mol. The topological polar surface area (TPSA) is 3.24 Å². The lowest BCUT2D eigenvalue weighted by Crippen LogP contribution is -2.35. The van der Waals surface area contributed by atoms with Crippen LogP contribution in [0.2, 0.25) is 0 Å². The van der Waals surface area contributed by atoms with E-state index in [0.717, 1.165) is 0 Å². The van der Waals surface area contributed by atoms with Crippen LogP contribution in [0.1, 0.15) is 47.5 Å². The maximum atomic E-state index is 2.44. The van der Waals surface area contributed by atoms with Crippen molar-refractivity contribution in [1.82, 2.24) is 4.90 Å². The molecule has 0 aliphatic heterocycles. The van der Waals surface area contributed by atoms with Gasteiger partial charge < -0.3 is 4.90 Å². The fourth-order valence-electron chi connectivity index (χ4n) is 1.32. The van der Waals surface area contributed by atoms with Crippen LogP contribution in [0.15, 0.2) is 12.3 Å². The summed E-state index contributed by atoms with van der Waals surface area (Å²) >= 11 is 0. The molecule has 72 valence electrons. The molecule has 2 atom stereocenters. The summed E-state index contributed by atoms with van der Waals surface area (Å²) in [5.74, 6) is 0. The van der Waals surface area contributed by atoms with Crippen LogP contribution in [-0.4, -0.2) is 17.0 Å². The molecule has 0 fully saturated rings. The van der Waals surface area contributed by atoms with Crippen LogP contribution in [0.4, 0.5) is 0 Å². The zero-order chi connectivity index (χ0) is 9.56. The van der Waals surface area contributed by atoms with Crippen molar-refractivity contribution in [3.05, 3.63) is 12.3 Å². The molecule has 0 aliphatic carbocycles. The number of hydrogen-bond acceptors (Lipinski definition) is 1. The summed E-state index contributed by atoms with van der Waals surface area (Å²) in [6, 6.07) is 1.33. The Kier molecular flexibility index (Phi) is 5.87. The van der Waals surface area contributed by atoms with Crippen LogP contribution in [0.25, 0.3) is 0 Å². The molecule has 0 aromatic carbocycles. The Morgan fingerprint density at radius 3 is 1.75 bits per heavy atom. The molecule has 0 amide bonds. The van der Waals surface area contributed by atoms with Crippen molar-refractivity contribution in [3.8, 4) is 0 Å². The quantitative estimate of drug-likeness (QED) is 0.609. The Morgan fingerprint density at radius 1 is 1.08 bits per heavy atom. The molecule has 0 saturated heterocycles. The van der Waals surface area contributed by atoms with Crippen LogP contribution in [0, 0.1) is 0 Å². The molecule has 0 radical (unpaired) electrons. The second kappa shape index (κ2) is 6.10. The maximum absolute atomic E-state index is 2.44. The van der Waals surface area contributed by atoms with Crippen molar-refractivity contribution < 1.29 is 0 Å². The summed E-state index contributed by atoms with van der Waals surface area (Å²) in [5, 5.41) is 0. The van der Waals surface area contributed by atoms with Gasteiger partial charge in [-0.25, -0.2) is 0 Å². The third-order valence-corrected chi connectivity index (χ3v) is 2.52. The van der Waals surface area contributed by atoms with E-state index in [1.54, 1.807) is 0 Å². The Morgan fingerprint density at radius 2 is 1.50 bits per heavy atom. The molecule has 0 aromatic rings. The fourth-order valence-corrected chi connectivity index (χ4v) is 1.32. The number of rotatable bonds is 5. The molecule has 0 spiro atoms. The molecule has 0 saturated carbocycles. The minimum atomic E-state index is 0.663. The Balaban J connectivity index is 4.20. The van der Waals surface area contributed by atoms with E-state index in [2.05, 4.69) is 51.8 Å². The van der Waals surface area contributed by atoms with Crippen LogP contribution < -0.4 is 0 Å². The van der Waals surface area contributed by atoms with Crippen LogP contribution in [0.5, 0.6) is 0 Å². The number of nitrogens with zero attached hydrogens (tertiary/aromatic N) is 1. The van der Waals surface area contributed by atoms with Gasteiger partial charge >= 0.3 is 0 Å². The van der Waals surface area contributed by atoms with Crippen molar-refractivity contribution >= 4 is 0 Å². The first-order chi connectivity index (χ1) is 5.67. The largest absolute Gasteiger partial charge is 0.372 e. The molecule has 1 nitrogen and oxygen atoms in total. The molecular formula is C11H23N. The van der Waals surface area contributed by atoms with Gasteiger partial charge in [0.1, 0.15) is 0 Å². The van der Waals surface area contributed by atoms with Gasteiger partial charge in [-0.1, -0.05) is 19.9 Å². The van der Waals surface area contributed by atoms with E-state index in [1.807, 2.05) is 0 Å². The Labute approximate surface area is 77.5 Å². The van der Waals surface area contributed by atoms with Gasteiger partial charge in [-0.15, -0.1) is 0 Å². The predicted octanol–water partition coefficient (Wildman–Crippen LogP) is 3.42. The lowest BCUT2D eigenvalue weighted by Gasteiger charge is -2.32. The van der Waals surface area contributed by atoms with Crippen molar-refractivity contribution in [2.45, 2.75) is 59.5 Å². The monoisotopic (exact) mass is 169 g/mol. The average Bonchev–Trinajstić information content (AvgIpc) is 2.11. The summed E-state index contributed by atoms with van der Waals surface area (Å²) in [7, 11) is 0. The van der Waals surface area contributed by atoms with Crippen molar-refractivity contribution in [2.75, 3.05) is 0 Å². The first-order valence-corrected chi connectivity index (χ1v) is 5.07. The maximum Gasteiger partial charge on any atom is 0.0256 e. The molecule has 0 aliphatic rings. The van der Waals surface area contributed by atoms with Gasteiger partial charge in [0.25, 0.3) is 0 Å². The highest BCUT2D eigenvalue weighted by Gasteiger charge is 2.12. The van der Waals surface area contributed by atoms with Crippen LogP contribution >= 0.6 is 0 Å². The van der Waals surface area contributed by atoms with Gasteiger partial charge in [0.15, 0.2) is 0 Å². The molecule has 0 aromatic heterocycles. The van der Waals surface area contributed by atoms with Gasteiger partial charge in [0, 0.05) is 12.1 Å². The van der Waals surface area contributed by atoms with E-state index in [4.69, 9.17) is 0 Å². The first kappa shape index (κ1) is 11.5. The molecule has 12 heavy (non-hydrogen) atoms. The molecule has 1 heteroatoms. The first-order valence-electron chi connectivity index (χ1n) is 5.07. The van der Waals surface area contributed by atoms with E-state index in [0.29, 0.717) is 12.1 Å². The number of allylic oxidation sites excluding steroid dienone is 1. The van der Waals surface area contributed by atoms with E-state index in [9.17, 15) is 0 Å². The van der Waals surface area contributed by atoms with Gasteiger partial charge in [0.05, 0.1) is 0 Å². The predicted molar refractivity (Wildman–Crippen MR) is 56.2 cm³/mol. The SMILES string of the molecule is C/C=C\N(C(C)CC)C(C)CC. The van der Waals surface area contributed by atoms with E-state index in [1.165, 1.54) is 12.8 Å². The Hall–Kier alpha value is -0.460. The second-order valence-electron chi connectivity index (χ2n) is 3.44. The van der Waals surface area contributed by atoms with Crippen LogP contribution in [0.3, 0.4) is 0 Å². The number of hydrogen-bond donors (Lipinski definition) is 0. The van der Waals surface area contributed by atoms with Crippen LogP contribution in [-0.2, 0) is 0 Å². The molecule has 0 N–H and O–H groups in total. The highest BCUT2D eigenvalue weighted by molar-refractivity contribution is 4.85. The minimum absolute atomic E-state index is 0.663. The zero-order valence-electron chi connectivity index (χ0n) is 9.17. The minimum Gasteiger partial charge on any atom is -0.372 e. The van der Waals surface area contributed by atoms with Crippen molar-refractivity contribution in [3.63, 3.8) is 0 Å². The van der Waals surface area contributed by atoms with Gasteiger partial charge in [-0.2, -0.15) is 0 Å². The molecule has 2 unspecified atom stereocenters. The van der Waals surface area contributed by atoms with Gasteiger partial charge in [-0.05, 0) is 39.8 Å². The standard InChI is InChI=1S/C11H23N/c1-6-9-12(10(4)7-2)11(5)8-3/h6,9-11H,7-8H2,1-5H3/b9-6-. The molecule has 0 heterocycles. The normalized spacial score (nSPS) is 16.4. The summed E-state index contributed by atoms with van der Waals surface area (Å²) in [4.78, 5) is 2.44. The lowest BCUT2D eigenvalue weighted by atomic mass is 10.1. The zero-order valence-corrected chi connectivity index (χ0v) is 9.17.